The van der Waals surface area contributed by atoms with Crippen molar-refractivity contribution in [2.45, 2.75) is 12.5 Å². The van der Waals surface area contributed by atoms with Crippen LogP contribution in [0, 0.1) is 5.92 Å². The highest BCUT2D eigenvalue weighted by Gasteiger charge is 2.29. The third kappa shape index (κ3) is 4.50. The number of pyridine rings is 1. The molecule has 7 aromatic rings. The zero-order chi connectivity index (χ0) is 30.5. The van der Waals surface area contributed by atoms with E-state index in [1.807, 2.05) is 24.4 Å². The SMILES string of the molecule is C1=CC2CC(c3ccc(-c4ccc(-n5c(-c6ccccc6)nc6ccccc65)cc4)cc3)=c3ccccc3=NC2c2ncccc21. The Morgan fingerprint density at radius 2 is 1.33 bits per heavy atom. The van der Waals surface area contributed by atoms with E-state index < -0.39 is 0 Å². The fourth-order valence-corrected chi connectivity index (χ4v) is 7.04. The summed E-state index contributed by atoms with van der Waals surface area (Å²) in [5, 5.41) is 2.25. The van der Waals surface area contributed by atoms with Gasteiger partial charge in [0.1, 0.15) is 5.82 Å². The molecule has 218 valence electrons. The molecule has 4 heteroatoms. The summed E-state index contributed by atoms with van der Waals surface area (Å²) in [6.07, 6.45) is 7.34. The Kier molecular flexibility index (Phi) is 6.31. The number of hydrogen-bond donors (Lipinski definition) is 0. The molecule has 0 saturated heterocycles. The van der Waals surface area contributed by atoms with E-state index in [-0.39, 0.29) is 12.0 Å². The summed E-state index contributed by atoms with van der Waals surface area (Å²) < 4.78 is 2.25. The van der Waals surface area contributed by atoms with Crippen LogP contribution in [0.3, 0.4) is 0 Å². The zero-order valence-corrected chi connectivity index (χ0v) is 25.2. The number of para-hydroxylation sites is 3. The van der Waals surface area contributed by atoms with Crippen molar-refractivity contribution in [3.8, 4) is 28.2 Å². The molecular formula is C42H30N4. The van der Waals surface area contributed by atoms with Crippen LogP contribution in [0.25, 0.3) is 50.9 Å². The molecule has 0 saturated carbocycles. The van der Waals surface area contributed by atoms with Crippen LogP contribution in [0.1, 0.15) is 29.3 Å². The monoisotopic (exact) mass is 590 g/mol. The van der Waals surface area contributed by atoms with Crippen molar-refractivity contribution in [2.75, 3.05) is 0 Å². The molecule has 2 aliphatic rings. The first kappa shape index (κ1) is 26.5. The van der Waals surface area contributed by atoms with Gasteiger partial charge in [-0.3, -0.25) is 14.5 Å². The fourth-order valence-electron chi connectivity index (χ4n) is 7.04. The normalized spacial score (nSPS) is 16.7. The lowest BCUT2D eigenvalue weighted by Gasteiger charge is -2.25. The molecule has 2 atom stereocenters. The number of benzene rings is 5. The molecule has 0 radical (unpaired) electrons. The van der Waals surface area contributed by atoms with Crippen LogP contribution in [0.2, 0.25) is 0 Å². The van der Waals surface area contributed by atoms with Crippen LogP contribution >= 0.6 is 0 Å². The lowest BCUT2D eigenvalue weighted by molar-refractivity contribution is 0.513. The third-order valence-corrected chi connectivity index (χ3v) is 9.31. The average Bonchev–Trinajstić information content (AvgIpc) is 3.43. The Morgan fingerprint density at radius 3 is 2.17 bits per heavy atom. The van der Waals surface area contributed by atoms with E-state index in [4.69, 9.17) is 15.0 Å². The van der Waals surface area contributed by atoms with E-state index in [1.54, 1.807) is 0 Å². The van der Waals surface area contributed by atoms with E-state index in [9.17, 15) is 0 Å². The second-order valence-electron chi connectivity index (χ2n) is 12.0. The molecule has 1 aliphatic heterocycles. The van der Waals surface area contributed by atoms with Crippen LogP contribution in [-0.4, -0.2) is 14.5 Å². The van der Waals surface area contributed by atoms with Gasteiger partial charge < -0.3 is 0 Å². The molecule has 0 spiro atoms. The minimum atomic E-state index is 0.0210. The van der Waals surface area contributed by atoms with Gasteiger partial charge in [0.05, 0.1) is 28.1 Å². The summed E-state index contributed by atoms with van der Waals surface area (Å²) in [6, 6.07) is 49.3. The molecule has 3 heterocycles. The second-order valence-corrected chi connectivity index (χ2v) is 12.0. The van der Waals surface area contributed by atoms with E-state index in [2.05, 4.69) is 138 Å². The number of aromatic nitrogens is 3. The van der Waals surface area contributed by atoms with Gasteiger partial charge in [-0.05, 0) is 70.6 Å². The standard InChI is InChI=1S/C42H30N4/c1-2-9-32(10-3-1)42-45-38-14-6-7-15-39(38)46(42)34-24-22-29(23-25-34)28-16-18-30(19-17-28)36-27-33-21-20-31-11-8-26-43-40(31)41(33)44-37-13-5-4-12-35(36)37/h1-26,33,41H,27H2. The quantitative estimate of drug-likeness (QED) is 0.207. The van der Waals surface area contributed by atoms with Crippen molar-refractivity contribution >= 4 is 22.7 Å². The van der Waals surface area contributed by atoms with Crippen LogP contribution in [0.5, 0.6) is 0 Å². The summed E-state index contributed by atoms with van der Waals surface area (Å²) in [4.78, 5) is 15.0. The largest absolute Gasteiger partial charge is 0.292 e. The van der Waals surface area contributed by atoms with Crippen molar-refractivity contribution in [2.24, 2.45) is 10.9 Å². The molecule has 5 aromatic carbocycles. The minimum absolute atomic E-state index is 0.0210. The molecule has 0 amide bonds. The van der Waals surface area contributed by atoms with Gasteiger partial charge in [0.15, 0.2) is 0 Å². The van der Waals surface area contributed by atoms with Gasteiger partial charge in [-0.1, -0.05) is 115 Å². The Labute approximate surface area is 267 Å². The first-order chi connectivity index (χ1) is 22.8. The number of imidazole rings is 1. The van der Waals surface area contributed by atoms with Gasteiger partial charge in [0.2, 0.25) is 0 Å². The van der Waals surface area contributed by atoms with Crippen molar-refractivity contribution in [1.29, 1.82) is 0 Å². The van der Waals surface area contributed by atoms with Gasteiger partial charge in [-0.15, -0.1) is 0 Å². The van der Waals surface area contributed by atoms with Gasteiger partial charge in [0.25, 0.3) is 0 Å². The Bertz CT molecular complexity index is 2380. The number of rotatable bonds is 4. The van der Waals surface area contributed by atoms with E-state index in [1.165, 1.54) is 33.0 Å². The first-order valence-electron chi connectivity index (χ1n) is 15.8. The van der Waals surface area contributed by atoms with E-state index in [0.717, 1.165) is 45.6 Å². The van der Waals surface area contributed by atoms with Crippen molar-refractivity contribution < 1.29 is 0 Å². The predicted octanol–water partition coefficient (Wildman–Crippen LogP) is 8.36. The molecule has 0 bridgehead atoms. The van der Waals surface area contributed by atoms with Crippen LogP contribution in [-0.2, 0) is 0 Å². The highest BCUT2D eigenvalue weighted by molar-refractivity contribution is 5.83. The molecular weight excluding hydrogens is 560 g/mol. The predicted molar refractivity (Wildman–Crippen MR) is 186 cm³/mol. The highest BCUT2D eigenvalue weighted by atomic mass is 15.1. The molecule has 4 nitrogen and oxygen atoms in total. The Hall–Kier alpha value is -5.87. The zero-order valence-electron chi connectivity index (χ0n) is 25.2. The van der Waals surface area contributed by atoms with Gasteiger partial charge in [-0.2, -0.15) is 0 Å². The summed E-state index contributed by atoms with van der Waals surface area (Å²) in [5.41, 5.74) is 11.5. The highest BCUT2D eigenvalue weighted by Crippen LogP contribution is 2.39. The third-order valence-electron chi connectivity index (χ3n) is 9.31. The first-order valence-corrected chi connectivity index (χ1v) is 15.8. The average molecular weight is 591 g/mol. The van der Waals surface area contributed by atoms with E-state index >= 15 is 0 Å². The number of nitrogens with zero attached hydrogens (tertiary/aromatic N) is 4. The maximum absolute atomic E-state index is 5.28. The second kappa shape index (κ2) is 10.9. The Morgan fingerprint density at radius 1 is 0.609 bits per heavy atom. The molecule has 9 rings (SSSR count). The Balaban J connectivity index is 1.07. The smallest absolute Gasteiger partial charge is 0.145 e. The van der Waals surface area contributed by atoms with Crippen LogP contribution < -0.4 is 10.6 Å². The maximum atomic E-state index is 5.28. The van der Waals surface area contributed by atoms with Crippen LogP contribution in [0.4, 0.5) is 0 Å². The maximum Gasteiger partial charge on any atom is 0.145 e. The molecule has 2 aromatic heterocycles. The molecule has 46 heavy (non-hydrogen) atoms. The van der Waals surface area contributed by atoms with Gasteiger partial charge in [-0.25, -0.2) is 4.98 Å². The number of hydrogen-bond acceptors (Lipinski definition) is 3. The van der Waals surface area contributed by atoms with Gasteiger partial charge >= 0.3 is 0 Å². The summed E-state index contributed by atoms with van der Waals surface area (Å²) >= 11 is 0. The summed E-state index contributed by atoms with van der Waals surface area (Å²) in [6.45, 7) is 0. The molecule has 2 unspecified atom stereocenters. The molecule has 0 fully saturated rings. The molecule has 0 N–H and O–H groups in total. The summed E-state index contributed by atoms with van der Waals surface area (Å²) in [7, 11) is 0. The lowest BCUT2D eigenvalue weighted by Crippen LogP contribution is -2.26. The van der Waals surface area contributed by atoms with Crippen molar-refractivity contribution in [3.05, 3.63) is 179 Å². The minimum Gasteiger partial charge on any atom is -0.292 e. The summed E-state index contributed by atoms with van der Waals surface area (Å²) in [5.74, 6) is 1.21. The molecule has 1 aliphatic carbocycles. The van der Waals surface area contributed by atoms with Crippen molar-refractivity contribution in [3.63, 3.8) is 0 Å². The fraction of sp³-hybridized carbons (Fsp3) is 0.0714. The topological polar surface area (TPSA) is 43.1 Å². The van der Waals surface area contributed by atoms with E-state index in [0.29, 0.717) is 0 Å². The number of fused-ring (bicyclic) bond motifs is 5. The van der Waals surface area contributed by atoms with Crippen molar-refractivity contribution in [1.82, 2.24) is 14.5 Å². The lowest BCUT2D eigenvalue weighted by atomic mass is 9.83. The van der Waals surface area contributed by atoms with Crippen LogP contribution in [0.15, 0.2) is 157 Å². The van der Waals surface area contributed by atoms with Gasteiger partial charge in [0, 0.05) is 28.6 Å².